The van der Waals surface area contributed by atoms with E-state index in [4.69, 9.17) is 5.26 Å². The van der Waals surface area contributed by atoms with Crippen molar-refractivity contribution >= 4 is 11.7 Å². The minimum Gasteiger partial charge on any atom is -0.321 e. The van der Waals surface area contributed by atoms with E-state index in [0.29, 0.717) is 17.3 Å². The first-order valence-corrected chi connectivity index (χ1v) is 6.24. The van der Waals surface area contributed by atoms with E-state index in [2.05, 4.69) is 16.3 Å². The number of urea groups is 1. The maximum absolute atomic E-state index is 12.0. The first-order valence-electron chi connectivity index (χ1n) is 6.24. The van der Waals surface area contributed by atoms with Crippen LogP contribution in [-0.2, 0) is 0 Å². The Morgan fingerprint density at radius 3 is 2.74 bits per heavy atom. The van der Waals surface area contributed by atoms with Crippen molar-refractivity contribution in [1.29, 1.82) is 5.26 Å². The number of carbonyl (C=O) groups excluding carboxylic acids is 1. The van der Waals surface area contributed by atoms with Gasteiger partial charge >= 0.3 is 6.03 Å². The molecule has 1 aliphatic rings. The number of amides is 2. The van der Waals surface area contributed by atoms with Crippen molar-refractivity contribution in [3.8, 4) is 6.07 Å². The van der Waals surface area contributed by atoms with E-state index in [-0.39, 0.29) is 6.03 Å². The summed E-state index contributed by atoms with van der Waals surface area (Å²) < 4.78 is 0. The number of likely N-dealkylation sites (N-methyl/N-ethyl adjacent to an activating group) is 1. The zero-order chi connectivity index (χ0) is 14.0. The number of hydrogen-bond acceptors (Lipinski definition) is 3. The van der Waals surface area contributed by atoms with Crippen molar-refractivity contribution in [3.63, 3.8) is 0 Å². The molecule has 100 valence electrons. The highest BCUT2D eigenvalue weighted by Gasteiger charge is 2.31. The van der Waals surface area contributed by atoms with Gasteiger partial charge in [0, 0.05) is 24.8 Å². The normalized spacial score (nSPS) is 15.0. The Bertz CT molecular complexity index is 527. The van der Waals surface area contributed by atoms with Crippen LogP contribution in [0.2, 0.25) is 0 Å². The lowest BCUT2D eigenvalue weighted by molar-refractivity contribution is 0.0942. The number of rotatable bonds is 2. The third kappa shape index (κ3) is 2.85. The van der Waals surface area contributed by atoms with Gasteiger partial charge < -0.3 is 15.1 Å². The highest BCUT2D eigenvalue weighted by molar-refractivity contribution is 5.91. The summed E-state index contributed by atoms with van der Waals surface area (Å²) in [4.78, 5) is 15.9. The van der Waals surface area contributed by atoms with Crippen LogP contribution in [0.5, 0.6) is 0 Å². The highest BCUT2D eigenvalue weighted by Crippen LogP contribution is 2.19. The van der Waals surface area contributed by atoms with Crippen molar-refractivity contribution in [3.05, 3.63) is 29.3 Å². The molecule has 1 aromatic carbocycles. The molecule has 0 atom stereocenters. The first kappa shape index (κ1) is 13.4. The number of hydrogen-bond donors (Lipinski definition) is 1. The van der Waals surface area contributed by atoms with Crippen LogP contribution in [0, 0.1) is 18.3 Å². The Morgan fingerprint density at radius 1 is 1.47 bits per heavy atom. The van der Waals surface area contributed by atoms with Gasteiger partial charge in [-0.1, -0.05) is 6.07 Å². The van der Waals surface area contributed by atoms with Crippen LogP contribution in [0.4, 0.5) is 10.5 Å². The lowest BCUT2D eigenvalue weighted by Gasteiger charge is -2.42. The second-order valence-corrected chi connectivity index (χ2v) is 5.09. The van der Waals surface area contributed by atoms with E-state index >= 15 is 0 Å². The number of nitrogens with zero attached hydrogens (tertiary/aromatic N) is 3. The quantitative estimate of drug-likeness (QED) is 0.877. The van der Waals surface area contributed by atoms with Gasteiger partial charge in [-0.2, -0.15) is 5.26 Å². The Balaban J connectivity index is 1.99. The van der Waals surface area contributed by atoms with Crippen LogP contribution in [0.25, 0.3) is 0 Å². The summed E-state index contributed by atoms with van der Waals surface area (Å²) in [5.41, 5.74) is 2.21. The summed E-state index contributed by atoms with van der Waals surface area (Å²) in [7, 11) is 4.03. The molecule has 1 aromatic rings. The smallest absolute Gasteiger partial charge is 0.321 e. The SMILES string of the molecule is Cc1ccc(C#N)cc1NC(=O)N1CC(N(C)C)C1. The second kappa shape index (κ2) is 5.29. The lowest BCUT2D eigenvalue weighted by atomic mass is 10.1. The number of carbonyl (C=O) groups is 1. The standard InChI is InChI=1S/C14H18N4O/c1-10-4-5-11(7-15)6-13(10)16-14(19)18-8-12(9-18)17(2)3/h4-6,12H,8-9H2,1-3H3,(H,16,19). The number of benzene rings is 1. The summed E-state index contributed by atoms with van der Waals surface area (Å²) in [6.07, 6.45) is 0. The minimum atomic E-state index is -0.101. The molecule has 1 fully saturated rings. The third-order valence-corrected chi connectivity index (χ3v) is 3.49. The molecule has 5 heteroatoms. The molecular formula is C14H18N4O. The Hall–Kier alpha value is -2.06. The summed E-state index contributed by atoms with van der Waals surface area (Å²) in [6, 6.07) is 7.71. The van der Waals surface area contributed by atoms with E-state index in [9.17, 15) is 4.79 Å². The molecule has 0 saturated carbocycles. The molecular weight excluding hydrogens is 240 g/mol. The van der Waals surface area contributed by atoms with Gasteiger partial charge in [-0.3, -0.25) is 0 Å². The van der Waals surface area contributed by atoms with Gasteiger partial charge in [0.2, 0.25) is 0 Å². The van der Waals surface area contributed by atoms with E-state index in [0.717, 1.165) is 18.7 Å². The molecule has 19 heavy (non-hydrogen) atoms. The van der Waals surface area contributed by atoms with Crippen LogP contribution < -0.4 is 5.32 Å². The van der Waals surface area contributed by atoms with Gasteiger partial charge in [0.25, 0.3) is 0 Å². The zero-order valence-corrected chi connectivity index (χ0v) is 11.5. The van der Waals surface area contributed by atoms with Crippen LogP contribution >= 0.6 is 0 Å². The Morgan fingerprint density at radius 2 is 2.16 bits per heavy atom. The molecule has 0 spiro atoms. The van der Waals surface area contributed by atoms with Crippen LogP contribution in [0.15, 0.2) is 18.2 Å². The zero-order valence-electron chi connectivity index (χ0n) is 11.5. The van der Waals surface area contributed by atoms with E-state index in [1.807, 2.05) is 27.1 Å². The maximum atomic E-state index is 12.0. The summed E-state index contributed by atoms with van der Waals surface area (Å²) in [5.74, 6) is 0. The molecule has 1 saturated heterocycles. The van der Waals surface area contributed by atoms with Crippen LogP contribution in [0.3, 0.4) is 0 Å². The van der Waals surface area contributed by atoms with Crippen LogP contribution in [-0.4, -0.2) is 49.1 Å². The largest absolute Gasteiger partial charge is 0.321 e. The molecule has 0 radical (unpaired) electrons. The van der Waals surface area contributed by atoms with Gasteiger partial charge in [-0.05, 0) is 38.7 Å². The minimum absolute atomic E-state index is 0.101. The van der Waals surface area contributed by atoms with Gasteiger partial charge in [0.05, 0.1) is 11.6 Å². The summed E-state index contributed by atoms with van der Waals surface area (Å²) in [5, 5.41) is 11.7. The van der Waals surface area contributed by atoms with Crippen LogP contribution in [0.1, 0.15) is 11.1 Å². The van der Waals surface area contributed by atoms with E-state index < -0.39 is 0 Å². The number of likely N-dealkylation sites (tertiary alicyclic amines) is 1. The van der Waals surface area contributed by atoms with Crippen molar-refractivity contribution in [1.82, 2.24) is 9.80 Å². The van der Waals surface area contributed by atoms with Crippen molar-refractivity contribution < 1.29 is 4.79 Å². The summed E-state index contributed by atoms with van der Waals surface area (Å²) >= 11 is 0. The lowest BCUT2D eigenvalue weighted by Crippen LogP contribution is -2.60. The number of anilines is 1. The molecule has 1 heterocycles. The molecule has 0 aliphatic carbocycles. The molecule has 1 aliphatic heterocycles. The Labute approximate surface area is 113 Å². The number of aryl methyl sites for hydroxylation is 1. The predicted molar refractivity (Wildman–Crippen MR) is 74.0 cm³/mol. The molecule has 0 bridgehead atoms. The topological polar surface area (TPSA) is 59.4 Å². The van der Waals surface area contributed by atoms with E-state index in [1.165, 1.54) is 0 Å². The van der Waals surface area contributed by atoms with Crippen molar-refractivity contribution in [2.24, 2.45) is 0 Å². The van der Waals surface area contributed by atoms with Gasteiger partial charge in [-0.25, -0.2) is 4.79 Å². The fourth-order valence-corrected chi connectivity index (χ4v) is 1.97. The number of nitrogens with one attached hydrogen (secondary N) is 1. The monoisotopic (exact) mass is 258 g/mol. The predicted octanol–water partition coefficient (Wildman–Crippen LogP) is 1.64. The van der Waals surface area contributed by atoms with Crippen molar-refractivity contribution in [2.75, 3.05) is 32.5 Å². The molecule has 0 unspecified atom stereocenters. The van der Waals surface area contributed by atoms with Gasteiger partial charge in [0.15, 0.2) is 0 Å². The molecule has 2 amide bonds. The summed E-state index contributed by atoms with van der Waals surface area (Å²) in [6.45, 7) is 3.40. The maximum Gasteiger partial charge on any atom is 0.321 e. The van der Waals surface area contributed by atoms with Gasteiger partial charge in [-0.15, -0.1) is 0 Å². The fourth-order valence-electron chi connectivity index (χ4n) is 1.97. The van der Waals surface area contributed by atoms with Gasteiger partial charge in [0.1, 0.15) is 0 Å². The average Bonchev–Trinajstić information content (AvgIpc) is 2.29. The fraction of sp³-hybridized carbons (Fsp3) is 0.429. The first-order chi connectivity index (χ1) is 9.01. The Kier molecular flexibility index (Phi) is 3.72. The molecule has 5 nitrogen and oxygen atoms in total. The molecule has 1 N–H and O–H groups in total. The highest BCUT2D eigenvalue weighted by atomic mass is 16.2. The second-order valence-electron chi connectivity index (χ2n) is 5.09. The van der Waals surface area contributed by atoms with E-state index in [1.54, 1.807) is 17.0 Å². The molecule has 0 aromatic heterocycles. The third-order valence-electron chi connectivity index (χ3n) is 3.49. The number of nitriles is 1. The van der Waals surface area contributed by atoms with Crippen molar-refractivity contribution in [2.45, 2.75) is 13.0 Å². The molecule has 2 rings (SSSR count). The average molecular weight is 258 g/mol.